The van der Waals surface area contributed by atoms with Gasteiger partial charge >= 0.3 is 0 Å². The van der Waals surface area contributed by atoms with Gasteiger partial charge in [0.05, 0.1) is 20.3 Å². The Labute approximate surface area is 151 Å². The fourth-order valence-corrected chi connectivity index (χ4v) is 2.68. The maximum Gasteiger partial charge on any atom is 0.273 e. The number of hydrogen-bond acceptors (Lipinski definition) is 7. The van der Waals surface area contributed by atoms with Crippen LogP contribution in [0.1, 0.15) is 34.4 Å². The summed E-state index contributed by atoms with van der Waals surface area (Å²) < 4.78 is 15.8. The summed E-state index contributed by atoms with van der Waals surface area (Å²) in [6.07, 6.45) is 4.09. The van der Waals surface area contributed by atoms with Crippen LogP contribution < -0.4 is 20.5 Å². The normalized spacial score (nSPS) is 11.8. The predicted molar refractivity (Wildman–Crippen MR) is 97.1 cm³/mol. The van der Waals surface area contributed by atoms with Crippen LogP contribution in [0.2, 0.25) is 0 Å². The molecule has 0 aliphatic carbocycles. The van der Waals surface area contributed by atoms with E-state index in [0.717, 1.165) is 17.7 Å². The van der Waals surface area contributed by atoms with Crippen molar-refractivity contribution >= 4 is 17.7 Å². The summed E-state index contributed by atoms with van der Waals surface area (Å²) in [6.45, 7) is 0.333. The number of hydrogen-bond donors (Lipinski definition) is 2. The molecule has 0 radical (unpaired) electrons. The maximum atomic E-state index is 12.2. The zero-order valence-corrected chi connectivity index (χ0v) is 15.4. The smallest absolute Gasteiger partial charge is 0.273 e. The van der Waals surface area contributed by atoms with E-state index in [1.807, 2.05) is 18.4 Å². The van der Waals surface area contributed by atoms with Crippen LogP contribution in [0.25, 0.3) is 0 Å². The number of benzene rings is 1. The SMILES string of the molecule is COc1ccc(CNC(=O)c2coc(C(N)CCSC)n2)cc1OC. The molecule has 1 unspecified atom stereocenters. The Hall–Kier alpha value is -2.19. The van der Waals surface area contributed by atoms with Gasteiger partial charge in [-0.05, 0) is 36.1 Å². The molecule has 1 aromatic carbocycles. The minimum atomic E-state index is -0.318. The number of thioether (sulfide) groups is 1. The second-order valence-electron chi connectivity index (χ2n) is 5.33. The van der Waals surface area contributed by atoms with Crippen LogP contribution in [-0.2, 0) is 6.54 Å². The van der Waals surface area contributed by atoms with Crippen molar-refractivity contribution in [2.75, 3.05) is 26.2 Å². The van der Waals surface area contributed by atoms with Gasteiger partial charge in [-0.3, -0.25) is 4.79 Å². The largest absolute Gasteiger partial charge is 0.493 e. The second kappa shape index (κ2) is 9.33. The van der Waals surface area contributed by atoms with E-state index in [9.17, 15) is 4.79 Å². The van der Waals surface area contributed by atoms with Gasteiger partial charge in [-0.15, -0.1) is 0 Å². The van der Waals surface area contributed by atoms with E-state index in [4.69, 9.17) is 19.6 Å². The fourth-order valence-electron chi connectivity index (χ4n) is 2.19. The first-order chi connectivity index (χ1) is 12.1. The number of carbonyl (C=O) groups is 1. The standard InChI is InChI=1S/C17H23N3O4S/c1-22-14-5-4-11(8-15(14)23-2)9-19-16(21)13-10-24-17(20-13)12(18)6-7-25-3/h4-5,8,10,12H,6-7,9,18H2,1-3H3,(H,19,21). The van der Waals surface area contributed by atoms with Crippen molar-refractivity contribution in [2.24, 2.45) is 5.73 Å². The molecule has 8 heteroatoms. The number of rotatable bonds is 9. The highest BCUT2D eigenvalue weighted by Crippen LogP contribution is 2.27. The summed E-state index contributed by atoms with van der Waals surface area (Å²) in [6, 6.07) is 5.15. The minimum absolute atomic E-state index is 0.218. The number of ether oxygens (including phenoxy) is 2. The molecule has 7 nitrogen and oxygen atoms in total. The number of nitrogens with zero attached hydrogens (tertiary/aromatic N) is 1. The number of nitrogens with two attached hydrogens (primary N) is 1. The van der Waals surface area contributed by atoms with Crippen molar-refractivity contribution in [3.63, 3.8) is 0 Å². The van der Waals surface area contributed by atoms with Gasteiger partial charge in [0, 0.05) is 6.54 Å². The third-order valence-electron chi connectivity index (χ3n) is 3.61. The van der Waals surface area contributed by atoms with E-state index >= 15 is 0 Å². The lowest BCUT2D eigenvalue weighted by molar-refractivity contribution is 0.0946. The molecule has 0 saturated heterocycles. The number of nitrogens with one attached hydrogen (secondary N) is 1. The summed E-state index contributed by atoms with van der Waals surface area (Å²) >= 11 is 1.70. The summed E-state index contributed by atoms with van der Waals surface area (Å²) in [7, 11) is 3.14. The van der Waals surface area contributed by atoms with Gasteiger partial charge in [0.15, 0.2) is 17.2 Å². The Morgan fingerprint density at radius 2 is 2.12 bits per heavy atom. The number of oxazole rings is 1. The molecule has 0 spiro atoms. The van der Waals surface area contributed by atoms with Crippen molar-refractivity contribution in [2.45, 2.75) is 19.0 Å². The summed E-state index contributed by atoms with van der Waals surface area (Å²) in [5.41, 5.74) is 7.09. The molecule has 1 aromatic heterocycles. The van der Waals surface area contributed by atoms with Crippen molar-refractivity contribution in [3.8, 4) is 11.5 Å². The summed E-state index contributed by atoms with van der Waals surface area (Å²) in [4.78, 5) is 16.4. The summed E-state index contributed by atoms with van der Waals surface area (Å²) in [5.74, 6) is 2.22. The van der Waals surface area contributed by atoms with Crippen molar-refractivity contribution in [1.29, 1.82) is 0 Å². The molecule has 25 heavy (non-hydrogen) atoms. The molecular weight excluding hydrogens is 342 g/mol. The van der Waals surface area contributed by atoms with Crippen LogP contribution in [0.15, 0.2) is 28.9 Å². The molecule has 1 heterocycles. The second-order valence-corrected chi connectivity index (χ2v) is 6.32. The first-order valence-electron chi connectivity index (χ1n) is 7.78. The third-order valence-corrected chi connectivity index (χ3v) is 4.25. The van der Waals surface area contributed by atoms with E-state index < -0.39 is 0 Å². The van der Waals surface area contributed by atoms with Crippen LogP contribution in [0.4, 0.5) is 0 Å². The molecule has 0 bridgehead atoms. The average Bonchev–Trinajstić information content (AvgIpc) is 3.14. The minimum Gasteiger partial charge on any atom is -0.493 e. The van der Waals surface area contributed by atoms with E-state index in [-0.39, 0.29) is 17.6 Å². The topological polar surface area (TPSA) is 99.6 Å². The lowest BCUT2D eigenvalue weighted by Gasteiger charge is -2.10. The molecule has 0 fully saturated rings. The zero-order valence-electron chi connectivity index (χ0n) is 14.6. The molecule has 136 valence electrons. The van der Waals surface area contributed by atoms with Crippen LogP contribution in [0.5, 0.6) is 11.5 Å². The van der Waals surface area contributed by atoms with Gasteiger partial charge in [0.25, 0.3) is 5.91 Å². The molecule has 1 atom stereocenters. The lowest BCUT2D eigenvalue weighted by atomic mass is 10.2. The highest BCUT2D eigenvalue weighted by molar-refractivity contribution is 7.98. The predicted octanol–water partition coefficient (Wildman–Crippen LogP) is 2.37. The van der Waals surface area contributed by atoms with Crippen LogP contribution >= 0.6 is 11.8 Å². The quantitative estimate of drug-likeness (QED) is 0.704. The highest BCUT2D eigenvalue weighted by atomic mass is 32.2. The molecular formula is C17H23N3O4S. The van der Waals surface area contributed by atoms with Crippen molar-refractivity contribution < 1.29 is 18.7 Å². The first-order valence-corrected chi connectivity index (χ1v) is 9.17. The number of methoxy groups -OCH3 is 2. The average molecular weight is 365 g/mol. The first kappa shape index (κ1) is 19.1. The monoisotopic (exact) mass is 365 g/mol. The Kier molecular flexibility index (Phi) is 7.15. The Balaban J connectivity index is 1.95. The van der Waals surface area contributed by atoms with Gasteiger partial charge in [-0.1, -0.05) is 6.07 Å². The number of amides is 1. The third kappa shape index (κ3) is 5.14. The molecule has 2 rings (SSSR count). The summed E-state index contributed by atoms with van der Waals surface area (Å²) in [5, 5.41) is 2.80. The number of aromatic nitrogens is 1. The molecule has 3 N–H and O–H groups in total. The molecule has 2 aromatic rings. The molecule has 0 aliphatic rings. The van der Waals surface area contributed by atoms with Gasteiger partial charge in [0.1, 0.15) is 6.26 Å². The van der Waals surface area contributed by atoms with Gasteiger partial charge < -0.3 is 24.9 Å². The highest BCUT2D eigenvalue weighted by Gasteiger charge is 2.17. The molecule has 0 saturated carbocycles. The lowest BCUT2D eigenvalue weighted by Crippen LogP contribution is -2.23. The van der Waals surface area contributed by atoms with Gasteiger partial charge in [-0.2, -0.15) is 11.8 Å². The van der Waals surface area contributed by atoms with Gasteiger partial charge in [0.2, 0.25) is 5.89 Å². The maximum absolute atomic E-state index is 12.2. The van der Waals surface area contributed by atoms with Crippen LogP contribution in [-0.4, -0.2) is 37.1 Å². The van der Waals surface area contributed by atoms with Crippen molar-refractivity contribution in [3.05, 3.63) is 41.6 Å². The fraction of sp³-hybridized carbons (Fsp3) is 0.412. The Morgan fingerprint density at radius 1 is 1.36 bits per heavy atom. The molecule has 1 amide bonds. The Bertz CT molecular complexity index is 705. The van der Waals surface area contributed by atoms with Crippen LogP contribution in [0.3, 0.4) is 0 Å². The number of carbonyl (C=O) groups excluding carboxylic acids is 1. The van der Waals surface area contributed by atoms with Gasteiger partial charge in [-0.25, -0.2) is 4.98 Å². The van der Waals surface area contributed by atoms with E-state index in [2.05, 4.69) is 10.3 Å². The van der Waals surface area contributed by atoms with E-state index in [0.29, 0.717) is 23.9 Å². The Morgan fingerprint density at radius 3 is 2.80 bits per heavy atom. The van der Waals surface area contributed by atoms with Crippen LogP contribution in [0, 0.1) is 0 Å². The molecule has 0 aliphatic heterocycles. The van der Waals surface area contributed by atoms with E-state index in [1.165, 1.54) is 6.26 Å². The van der Waals surface area contributed by atoms with Crippen molar-refractivity contribution in [1.82, 2.24) is 10.3 Å². The zero-order chi connectivity index (χ0) is 18.2. The van der Waals surface area contributed by atoms with E-state index in [1.54, 1.807) is 32.0 Å².